The van der Waals surface area contributed by atoms with E-state index < -0.39 is 0 Å². The van der Waals surface area contributed by atoms with E-state index in [1.165, 1.54) is 5.56 Å². The number of hydrogen-bond donors (Lipinski definition) is 2. The first-order valence-corrected chi connectivity index (χ1v) is 8.24. The number of nitrogens with zero attached hydrogens (tertiary/aromatic N) is 2. The second-order valence-corrected chi connectivity index (χ2v) is 5.71. The quantitative estimate of drug-likeness (QED) is 0.631. The molecule has 1 heterocycles. The number of aliphatic imine (C=N–C) groups is 1. The summed E-state index contributed by atoms with van der Waals surface area (Å²) in [5.74, 6) is 0.804. The van der Waals surface area contributed by atoms with Gasteiger partial charge >= 0.3 is 0 Å². The lowest BCUT2D eigenvalue weighted by Gasteiger charge is -2.11. The van der Waals surface area contributed by atoms with Crippen LogP contribution in [0.1, 0.15) is 23.9 Å². The zero-order chi connectivity index (χ0) is 16.5. The summed E-state index contributed by atoms with van der Waals surface area (Å²) in [5, 5.41) is 7.36. The highest BCUT2D eigenvalue weighted by molar-refractivity contribution is 6.30. The maximum Gasteiger partial charge on any atom is 0.191 e. The molecule has 0 amide bonds. The summed E-state index contributed by atoms with van der Waals surface area (Å²) in [6.07, 6.45) is 0.896. The molecule has 23 heavy (non-hydrogen) atoms. The van der Waals surface area contributed by atoms with Crippen molar-refractivity contribution in [2.45, 2.75) is 26.8 Å². The predicted octanol–water partition coefficient (Wildman–Crippen LogP) is 3.34. The molecule has 0 saturated heterocycles. The van der Waals surface area contributed by atoms with Gasteiger partial charge in [-0.05, 0) is 50.1 Å². The van der Waals surface area contributed by atoms with Crippen molar-refractivity contribution in [2.75, 3.05) is 13.1 Å². The molecular weight excluding hydrogens is 308 g/mol. The number of hydrogen-bond acceptors (Lipinski definition) is 2. The first kappa shape index (κ1) is 17.3. The van der Waals surface area contributed by atoms with Gasteiger partial charge in [0.25, 0.3) is 0 Å². The fraction of sp³-hybridized carbons (Fsp3) is 0.333. The molecule has 2 rings (SSSR count). The lowest BCUT2D eigenvalue weighted by molar-refractivity contribution is 0.796. The Balaban J connectivity index is 1.89. The van der Waals surface area contributed by atoms with Crippen LogP contribution >= 0.6 is 11.6 Å². The van der Waals surface area contributed by atoms with Gasteiger partial charge in [-0.15, -0.1) is 0 Å². The summed E-state index contributed by atoms with van der Waals surface area (Å²) < 4.78 is 0. The molecule has 0 radical (unpaired) electrons. The SMILES string of the molecule is CCNC(=NCc1cccc(C)n1)NCCc1cccc(Cl)c1. The third-order valence-corrected chi connectivity index (χ3v) is 3.52. The Labute approximate surface area is 143 Å². The van der Waals surface area contributed by atoms with Crippen LogP contribution in [0.4, 0.5) is 0 Å². The Kier molecular flexibility index (Phi) is 6.88. The molecule has 4 nitrogen and oxygen atoms in total. The van der Waals surface area contributed by atoms with Gasteiger partial charge < -0.3 is 10.6 Å². The third kappa shape index (κ3) is 6.28. The van der Waals surface area contributed by atoms with Crippen molar-refractivity contribution in [3.63, 3.8) is 0 Å². The highest BCUT2D eigenvalue weighted by Gasteiger charge is 2.00. The average Bonchev–Trinajstić information content (AvgIpc) is 2.53. The van der Waals surface area contributed by atoms with Crippen LogP contribution < -0.4 is 10.6 Å². The lowest BCUT2D eigenvalue weighted by Crippen LogP contribution is -2.38. The molecular formula is C18H23ClN4. The van der Waals surface area contributed by atoms with Gasteiger partial charge in [0.15, 0.2) is 5.96 Å². The van der Waals surface area contributed by atoms with E-state index in [0.717, 1.165) is 41.9 Å². The van der Waals surface area contributed by atoms with Crippen LogP contribution in [0.15, 0.2) is 47.5 Å². The molecule has 0 aliphatic carbocycles. The van der Waals surface area contributed by atoms with Gasteiger partial charge in [0.1, 0.15) is 0 Å². The largest absolute Gasteiger partial charge is 0.357 e. The van der Waals surface area contributed by atoms with Gasteiger partial charge in [-0.3, -0.25) is 4.98 Å². The number of rotatable bonds is 6. The molecule has 0 saturated carbocycles. The third-order valence-electron chi connectivity index (χ3n) is 3.28. The second-order valence-electron chi connectivity index (χ2n) is 5.27. The number of benzene rings is 1. The molecule has 0 aliphatic rings. The molecule has 0 bridgehead atoms. The average molecular weight is 331 g/mol. The summed E-state index contributed by atoms with van der Waals surface area (Å²) in [6.45, 7) is 6.23. The van der Waals surface area contributed by atoms with Gasteiger partial charge in [0, 0.05) is 23.8 Å². The van der Waals surface area contributed by atoms with Crippen molar-refractivity contribution in [3.05, 3.63) is 64.4 Å². The van der Waals surface area contributed by atoms with Crippen LogP contribution in [-0.2, 0) is 13.0 Å². The van der Waals surface area contributed by atoms with Crippen molar-refractivity contribution >= 4 is 17.6 Å². The van der Waals surface area contributed by atoms with E-state index in [2.05, 4.69) is 33.6 Å². The number of nitrogens with one attached hydrogen (secondary N) is 2. The van der Waals surface area contributed by atoms with E-state index in [1.807, 2.05) is 43.3 Å². The minimum atomic E-state index is 0.564. The zero-order valence-electron chi connectivity index (χ0n) is 13.6. The van der Waals surface area contributed by atoms with Gasteiger partial charge in [-0.25, -0.2) is 4.99 Å². The van der Waals surface area contributed by atoms with E-state index >= 15 is 0 Å². The monoisotopic (exact) mass is 330 g/mol. The van der Waals surface area contributed by atoms with Crippen LogP contribution in [0.3, 0.4) is 0 Å². The van der Waals surface area contributed by atoms with Crippen molar-refractivity contribution in [1.82, 2.24) is 15.6 Å². The number of halogens is 1. The molecule has 122 valence electrons. The molecule has 2 aromatic rings. The molecule has 0 atom stereocenters. The molecule has 1 aromatic carbocycles. The first-order chi connectivity index (χ1) is 11.2. The van der Waals surface area contributed by atoms with E-state index in [4.69, 9.17) is 11.6 Å². The summed E-state index contributed by atoms with van der Waals surface area (Å²) in [5.41, 5.74) is 3.19. The summed E-state index contributed by atoms with van der Waals surface area (Å²) >= 11 is 6.00. The van der Waals surface area contributed by atoms with Crippen LogP contribution in [0, 0.1) is 6.92 Å². The number of aryl methyl sites for hydroxylation is 1. The topological polar surface area (TPSA) is 49.3 Å². The fourth-order valence-electron chi connectivity index (χ4n) is 2.21. The van der Waals surface area contributed by atoms with Gasteiger partial charge in [-0.1, -0.05) is 29.8 Å². The van der Waals surface area contributed by atoms with E-state index in [1.54, 1.807) is 0 Å². The van der Waals surface area contributed by atoms with Crippen LogP contribution in [0.2, 0.25) is 5.02 Å². The highest BCUT2D eigenvalue weighted by atomic mass is 35.5. The maximum atomic E-state index is 6.00. The Morgan fingerprint density at radius 2 is 2.00 bits per heavy atom. The highest BCUT2D eigenvalue weighted by Crippen LogP contribution is 2.10. The van der Waals surface area contributed by atoms with Crippen molar-refractivity contribution in [2.24, 2.45) is 4.99 Å². The Morgan fingerprint density at radius 1 is 1.17 bits per heavy atom. The fourth-order valence-corrected chi connectivity index (χ4v) is 2.42. The van der Waals surface area contributed by atoms with Gasteiger partial charge in [0.05, 0.1) is 12.2 Å². The van der Waals surface area contributed by atoms with Crippen LogP contribution in [-0.4, -0.2) is 24.0 Å². The summed E-state index contributed by atoms with van der Waals surface area (Å²) in [7, 11) is 0. The van der Waals surface area contributed by atoms with Crippen LogP contribution in [0.5, 0.6) is 0 Å². The van der Waals surface area contributed by atoms with E-state index in [9.17, 15) is 0 Å². The minimum Gasteiger partial charge on any atom is -0.357 e. The van der Waals surface area contributed by atoms with Crippen molar-refractivity contribution in [1.29, 1.82) is 0 Å². The Hall–Kier alpha value is -2.07. The van der Waals surface area contributed by atoms with E-state index in [0.29, 0.717) is 6.54 Å². The zero-order valence-corrected chi connectivity index (χ0v) is 14.4. The van der Waals surface area contributed by atoms with E-state index in [-0.39, 0.29) is 0 Å². The number of aromatic nitrogens is 1. The van der Waals surface area contributed by atoms with Crippen LogP contribution in [0.25, 0.3) is 0 Å². The van der Waals surface area contributed by atoms with Crippen molar-refractivity contribution in [3.8, 4) is 0 Å². The number of pyridine rings is 1. The molecule has 2 N–H and O–H groups in total. The molecule has 0 aliphatic heterocycles. The standard InChI is InChI=1S/C18H23ClN4/c1-3-20-18(22-13-17-9-4-6-14(2)23-17)21-11-10-15-7-5-8-16(19)12-15/h4-9,12H,3,10-11,13H2,1-2H3,(H2,20,21,22). The Morgan fingerprint density at radius 3 is 2.74 bits per heavy atom. The molecule has 0 unspecified atom stereocenters. The molecule has 5 heteroatoms. The normalized spacial score (nSPS) is 11.3. The van der Waals surface area contributed by atoms with Gasteiger partial charge in [-0.2, -0.15) is 0 Å². The van der Waals surface area contributed by atoms with Crippen molar-refractivity contribution < 1.29 is 0 Å². The summed E-state index contributed by atoms with van der Waals surface area (Å²) in [4.78, 5) is 9.04. The second kappa shape index (κ2) is 9.16. The molecule has 1 aromatic heterocycles. The Bertz CT molecular complexity index is 655. The van der Waals surface area contributed by atoms with Gasteiger partial charge in [0.2, 0.25) is 0 Å². The first-order valence-electron chi connectivity index (χ1n) is 7.86. The molecule has 0 fully saturated rings. The maximum absolute atomic E-state index is 6.00. The lowest BCUT2D eigenvalue weighted by atomic mass is 10.1. The summed E-state index contributed by atoms with van der Waals surface area (Å²) in [6, 6.07) is 13.9. The molecule has 0 spiro atoms. The smallest absolute Gasteiger partial charge is 0.191 e. The number of guanidine groups is 1. The minimum absolute atomic E-state index is 0.564. The predicted molar refractivity (Wildman–Crippen MR) is 96.9 cm³/mol.